The summed E-state index contributed by atoms with van der Waals surface area (Å²) >= 11 is 1.58. The van der Waals surface area contributed by atoms with Crippen molar-refractivity contribution in [3.63, 3.8) is 0 Å². The van der Waals surface area contributed by atoms with E-state index in [0.29, 0.717) is 6.54 Å². The maximum absolute atomic E-state index is 12.4. The molecule has 1 N–H and O–H groups in total. The number of hydrogen-bond donors (Lipinski definition) is 1. The first-order valence-electron chi connectivity index (χ1n) is 7.09. The van der Waals surface area contributed by atoms with Crippen molar-refractivity contribution in [2.45, 2.75) is 32.4 Å². The second-order valence-corrected chi connectivity index (χ2v) is 6.12. The Morgan fingerprint density at radius 3 is 3.00 bits per heavy atom. The third-order valence-corrected chi connectivity index (χ3v) is 4.63. The fraction of sp³-hybridized carbons (Fsp3) is 0.400. The van der Waals surface area contributed by atoms with Crippen LogP contribution in [0.2, 0.25) is 0 Å². The first kappa shape index (κ1) is 14.0. The topological polar surface area (TPSA) is 58.1 Å². The predicted octanol–water partition coefficient (Wildman–Crippen LogP) is 2.89. The number of carbonyl (C=O) groups excluding carboxylic acids is 1. The van der Waals surface area contributed by atoms with Gasteiger partial charge in [-0.05, 0) is 37.5 Å². The highest BCUT2D eigenvalue weighted by molar-refractivity contribution is 7.09. The zero-order chi connectivity index (χ0) is 14.7. The van der Waals surface area contributed by atoms with Crippen molar-refractivity contribution >= 4 is 17.4 Å². The highest BCUT2D eigenvalue weighted by Gasteiger charge is 2.29. The molecular formula is C15H18N4OS. The first-order valence-corrected chi connectivity index (χ1v) is 7.97. The zero-order valence-electron chi connectivity index (χ0n) is 12.0. The Morgan fingerprint density at radius 1 is 1.48 bits per heavy atom. The number of aryl methyl sites for hydroxylation is 1. The van der Waals surface area contributed by atoms with Gasteiger partial charge in [-0.15, -0.1) is 11.3 Å². The van der Waals surface area contributed by atoms with Crippen molar-refractivity contribution in [3.8, 4) is 0 Å². The fourth-order valence-corrected chi connectivity index (χ4v) is 3.39. The molecule has 1 saturated heterocycles. The Kier molecular flexibility index (Phi) is 4.15. The van der Waals surface area contributed by atoms with Gasteiger partial charge in [-0.2, -0.15) is 0 Å². The van der Waals surface area contributed by atoms with Crippen LogP contribution in [0.15, 0.2) is 29.9 Å². The van der Waals surface area contributed by atoms with Crippen molar-refractivity contribution in [2.75, 3.05) is 6.54 Å². The molecule has 21 heavy (non-hydrogen) atoms. The van der Waals surface area contributed by atoms with E-state index in [1.807, 2.05) is 29.3 Å². The molecule has 2 amide bonds. The molecular weight excluding hydrogens is 284 g/mol. The van der Waals surface area contributed by atoms with Gasteiger partial charge >= 0.3 is 6.03 Å². The van der Waals surface area contributed by atoms with Crippen LogP contribution in [0.5, 0.6) is 0 Å². The molecule has 0 radical (unpaired) electrons. The predicted molar refractivity (Wildman–Crippen MR) is 82.0 cm³/mol. The summed E-state index contributed by atoms with van der Waals surface area (Å²) < 4.78 is 0. The number of thiazole rings is 1. The van der Waals surface area contributed by atoms with Crippen molar-refractivity contribution in [2.24, 2.45) is 0 Å². The molecule has 2 aromatic heterocycles. The Morgan fingerprint density at radius 2 is 2.29 bits per heavy atom. The number of nitrogens with zero attached hydrogens (tertiary/aromatic N) is 3. The maximum Gasteiger partial charge on any atom is 0.318 e. The monoisotopic (exact) mass is 302 g/mol. The SMILES string of the molecule is Cc1csc(CNC(=O)N2CCC[C@@H]2c2ccncc2)n1. The van der Waals surface area contributed by atoms with Crippen LogP contribution in [0.25, 0.3) is 0 Å². The van der Waals surface area contributed by atoms with Crippen molar-refractivity contribution in [3.05, 3.63) is 46.2 Å². The number of amides is 2. The molecule has 1 fully saturated rings. The average molecular weight is 302 g/mol. The molecule has 1 aliphatic rings. The molecule has 2 aromatic rings. The average Bonchev–Trinajstić information content (AvgIpc) is 3.14. The summed E-state index contributed by atoms with van der Waals surface area (Å²) in [6, 6.07) is 4.12. The van der Waals surface area contributed by atoms with E-state index in [0.717, 1.165) is 35.7 Å². The number of nitrogens with one attached hydrogen (secondary N) is 1. The van der Waals surface area contributed by atoms with Crippen LogP contribution < -0.4 is 5.32 Å². The minimum absolute atomic E-state index is 0.0119. The van der Waals surface area contributed by atoms with Crippen LogP contribution in [-0.2, 0) is 6.54 Å². The summed E-state index contributed by atoms with van der Waals surface area (Å²) in [5.74, 6) is 0. The molecule has 6 heteroatoms. The van der Waals surface area contributed by atoms with Gasteiger partial charge in [-0.25, -0.2) is 9.78 Å². The summed E-state index contributed by atoms with van der Waals surface area (Å²) in [5, 5.41) is 5.92. The number of urea groups is 1. The molecule has 3 heterocycles. The van der Waals surface area contributed by atoms with Gasteiger partial charge in [-0.3, -0.25) is 4.98 Å². The Bertz CT molecular complexity index is 613. The Hall–Kier alpha value is -1.95. The second kappa shape index (κ2) is 6.22. The highest BCUT2D eigenvalue weighted by Crippen LogP contribution is 2.31. The highest BCUT2D eigenvalue weighted by atomic mass is 32.1. The first-order chi connectivity index (χ1) is 10.2. The molecule has 3 rings (SSSR count). The molecule has 0 spiro atoms. The number of carbonyl (C=O) groups is 1. The van der Waals surface area contributed by atoms with Crippen LogP contribution in [0, 0.1) is 6.92 Å². The van der Waals surface area contributed by atoms with Gasteiger partial charge in [0.25, 0.3) is 0 Å². The van der Waals surface area contributed by atoms with E-state index in [-0.39, 0.29) is 12.1 Å². The van der Waals surface area contributed by atoms with E-state index in [1.165, 1.54) is 0 Å². The Balaban J connectivity index is 1.63. The third kappa shape index (κ3) is 3.21. The van der Waals surface area contributed by atoms with Crippen LogP contribution in [-0.4, -0.2) is 27.4 Å². The van der Waals surface area contributed by atoms with Crippen LogP contribution in [0.3, 0.4) is 0 Å². The number of aromatic nitrogens is 2. The fourth-order valence-electron chi connectivity index (χ4n) is 2.68. The lowest BCUT2D eigenvalue weighted by molar-refractivity contribution is 0.192. The molecule has 0 aromatic carbocycles. The third-order valence-electron chi connectivity index (χ3n) is 3.66. The van der Waals surface area contributed by atoms with Gasteiger partial charge in [0.2, 0.25) is 0 Å². The minimum Gasteiger partial charge on any atom is -0.331 e. The smallest absolute Gasteiger partial charge is 0.318 e. The molecule has 5 nitrogen and oxygen atoms in total. The quantitative estimate of drug-likeness (QED) is 0.948. The van der Waals surface area contributed by atoms with E-state index in [1.54, 1.807) is 23.7 Å². The van der Waals surface area contributed by atoms with Crippen LogP contribution in [0.1, 0.15) is 35.1 Å². The summed E-state index contributed by atoms with van der Waals surface area (Å²) in [7, 11) is 0. The molecule has 0 aliphatic carbocycles. The van der Waals surface area contributed by atoms with Crippen LogP contribution in [0.4, 0.5) is 4.79 Å². The van der Waals surface area contributed by atoms with Gasteiger partial charge < -0.3 is 10.2 Å². The van der Waals surface area contributed by atoms with Crippen molar-refractivity contribution in [1.29, 1.82) is 0 Å². The largest absolute Gasteiger partial charge is 0.331 e. The Labute approximate surface area is 128 Å². The molecule has 0 bridgehead atoms. The molecule has 110 valence electrons. The zero-order valence-corrected chi connectivity index (χ0v) is 12.8. The van der Waals surface area contributed by atoms with Crippen LogP contribution >= 0.6 is 11.3 Å². The lowest BCUT2D eigenvalue weighted by atomic mass is 10.1. The molecule has 1 aliphatic heterocycles. The maximum atomic E-state index is 12.4. The lowest BCUT2D eigenvalue weighted by Crippen LogP contribution is -2.39. The van der Waals surface area contributed by atoms with Gasteiger partial charge in [0.05, 0.1) is 12.6 Å². The second-order valence-electron chi connectivity index (χ2n) is 5.17. The van der Waals surface area contributed by atoms with E-state index in [2.05, 4.69) is 15.3 Å². The van der Waals surface area contributed by atoms with Gasteiger partial charge in [0, 0.05) is 30.0 Å². The van der Waals surface area contributed by atoms with E-state index in [9.17, 15) is 4.79 Å². The summed E-state index contributed by atoms with van der Waals surface area (Å²) in [6.45, 7) is 3.26. The lowest BCUT2D eigenvalue weighted by Gasteiger charge is -2.25. The standard InChI is InChI=1S/C15H18N4OS/c1-11-10-21-14(18-11)9-17-15(20)19-8-2-3-13(19)12-4-6-16-7-5-12/h4-7,10,13H,2-3,8-9H2,1H3,(H,17,20)/t13-/m1/s1. The van der Waals surface area contributed by atoms with Crippen molar-refractivity contribution < 1.29 is 4.79 Å². The number of likely N-dealkylation sites (tertiary alicyclic amines) is 1. The molecule has 0 saturated carbocycles. The van der Waals surface area contributed by atoms with E-state index in [4.69, 9.17) is 0 Å². The summed E-state index contributed by atoms with van der Waals surface area (Å²) in [4.78, 5) is 22.7. The molecule has 1 atom stereocenters. The summed E-state index contributed by atoms with van der Waals surface area (Å²) in [5.41, 5.74) is 2.16. The number of pyridine rings is 1. The van der Waals surface area contributed by atoms with E-state index < -0.39 is 0 Å². The minimum atomic E-state index is -0.0119. The van der Waals surface area contributed by atoms with Gasteiger partial charge in [0.15, 0.2) is 0 Å². The summed E-state index contributed by atoms with van der Waals surface area (Å²) in [6.07, 6.45) is 5.61. The van der Waals surface area contributed by atoms with E-state index >= 15 is 0 Å². The normalized spacial score (nSPS) is 18.0. The number of hydrogen-bond acceptors (Lipinski definition) is 4. The number of rotatable bonds is 3. The van der Waals surface area contributed by atoms with Crippen molar-refractivity contribution in [1.82, 2.24) is 20.2 Å². The van der Waals surface area contributed by atoms with Gasteiger partial charge in [0.1, 0.15) is 5.01 Å². The van der Waals surface area contributed by atoms with Gasteiger partial charge in [-0.1, -0.05) is 0 Å². The molecule has 0 unspecified atom stereocenters.